The van der Waals surface area contributed by atoms with Gasteiger partial charge in [0, 0.05) is 42.8 Å². The number of Topliss-reactive ketones (excluding diaryl/α,β-unsaturated/α-hetero) is 1. The van der Waals surface area contributed by atoms with Gasteiger partial charge in [0.15, 0.2) is 5.78 Å². The van der Waals surface area contributed by atoms with E-state index in [-0.39, 0.29) is 29.4 Å². The van der Waals surface area contributed by atoms with Gasteiger partial charge >= 0.3 is 5.97 Å². The number of carboxylic acids is 1. The van der Waals surface area contributed by atoms with Crippen molar-refractivity contribution in [1.29, 1.82) is 0 Å². The van der Waals surface area contributed by atoms with E-state index in [4.69, 9.17) is 5.11 Å². The highest BCUT2D eigenvalue weighted by atomic mass is 32.2. The van der Waals surface area contributed by atoms with Gasteiger partial charge in [-0.3, -0.25) is 14.4 Å². The predicted molar refractivity (Wildman–Crippen MR) is 138 cm³/mol. The smallest absolute Gasteiger partial charge is 0.313 e. The highest BCUT2D eigenvalue weighted by Gasteiger charge is 2.23. The number of nitrogens with one attached hydrogen (secondary N) is 1. The molecule has 0 radical (unpaired) electrons. The van der Waals surface area contributed by atoms with Crippen molar-refractivity contribution in [1.82, 2.24) is 10.2 Å². The molecule has 0 unspecified atom stereocenters. The molecule has 1 amide bonds. The standard InChI is InChI=1S/C27H40N2O4S/c1-19(2)27(33)23-6-5-21-10-14-29(15-11-22(21)17-23)13-9-20-3-7-24(8-4-20)28-25(30)12-16-34-18-26(31)32/h5-6,17,19-20,24H,3-4,7-16,18H2,1-2H3,(H,28,30)(H,31,32). The zero-order valence-electron chi connectivity index (χ0n) is 20.7. The number of hydrogen-bond donors (Lipinski definition) is 2. The molecule has 0 saturated heterocycles. The highest BCUT2D eigenvalue weighted by Crippen LogP contribution is 2.28. The quantitative estimate of drug-likeness (QED) is 0.359. The molecule has 1 saturated carbocycles. The molecule has 7 heteroatoms. The normalized spacial score (nSPS) is 21.0. The Morgan fingerprint density at radius 3 is 2.47 bits per heavy atom. The largest absolute Gasteiger partial charge is 0.481 e. The summed E-state index contributed by atoms with van der Waals surface area (Å²) in [5.41, 5.74) is 3.58. The van der Waals surface area contributed by atoms with Crippen LogP contribution in [0.25, 0.3) is 0 Å². The Morgan fingerprint density at radius 2 is 1.79 bits per heavy atom. The molecule has 1 aliphatic heterocycles. The number of benzene rings is 1. The number of rotatable bonds is 11. The minimum Gasteiger partial charge on any atom is -0.481 e. The molecule has 1 fully saturated rings. The molecule has 1 aliphatic carbocycles. The summed E-state index contributed by atoms with van der Waals surface area (Å²) in [7, 11) is 0. The molecule has 3 rings (SSSR count). The monoisotopic (exact) mass is 488 g/mol. The van der Waals surface area contributed by atoms with E-state index in [0.29, 0.717) is 12.2 Å². The van der Waals surface area contributed by atoms with Gasteiger partial charge in [-0.25, -0.2) is 0 Å². The summed E-state index contributed by atoms with van der Waals surface area (Å²) in [4.78, 5) is 37.6. The van der Waals surface area contributed by atoms with Gasteiger partial charge in [-0.1, -0.05) is 26.0 Å². The van der Waals surface area contributed by atoms with Gasteiger partial charge in [0.1, 0.15) is 0 Å². The number of aliphatic carboxylic acids is 1. The Morgan fingerprint density at radius 1 is 1.09 bits per heavy atom. The molecule has 0 spiro atoms. The van der Waals surface area contributed by atoms with Gasteiger partial charge < -0.3 is 15.3 Å². The molecule has 6 nitrogen and oxygen atoms in total. The number of carboxylic acid groups (broad SMARTS) is 1. The summed E-state index contributed by atoms with van der Waals surface area (Å²) in [6.45, 7) is 7.17. The van der Waals surface area contributed by atoms with E-state index in [1.807, 2.05) is 19.9 Å². The SMILES string of the molecule is CC(C)C(=O)c1ccc2c(c1)CCN(CCC1CCC(NC(=O)CCSCC(=O)O)CC1)CC2. The van der Waals surface area contributed by atoms with Crippen LogP contribution >= 0.6 is 11.8 Å². The highest BCUT2D eigenvalue weighted by molar-refractivity contribution is 7.99. The molecule has 34 heavy (non-hydrogen) atoms. The third-order valence-electron chi connectivity index (χ3n) is 7.17. The zero-order valence-corrected chi connectivity index (χ0v) is 21.5. The maximum atomic E-state index is 12.4. The van der Waals surface area contributed by atoms with Crippen LogP contribution in [0, 0.1) is 11.8 Å². The summed E-state index contributed by atoms with van der Waals surface area (Å²) >= 11 is 1.29. The Balaban J connectivity index is 1.35. The van der Waals surface area contributed by atoms with E-state index < -0.39 is 5.97 Å². The van der Waals surface area contributed by atoms with Crippen LogP contribution in [0.5, 0.6) is 0 Å². The van der Waals surface area contributed by atoms with Crippen molar-refractivity contribution in [3.63, 3.8) is 0 Å². The van der Waals surface area contributed by atoms with E-state index in [0.717, 1.165) is 69.6 Å². The lowest BCUT2D eigenvalue weighted by molar-refractivity contribution is -0.134. The Bertz CT molecular complexity index is 849. The van der Waals surface area contributed by atoms with Crippen LogP contribution in [0.4, 0.5) is 0 Å². The molecular weight excluding hydrogens is 448 g/mol. The van der Waals surface area contributed by atoms with Crippen molar-refractivity contribution in [3.05, 3.63) is 34.9 Å². The zero-order chi connectivity index (χ0) is 24.5. The lowest BCUT2D eigenvalue weighted by Gasteiger charge is -2.30. The Hall–Kier alpha value is -1.86. The average molecular weight is 489 g/mol. The lowest BCUT2D eigenvalue weighted by Crippen LogP contribution is -2.38. The van der Waals surface area contributed by atoms with Gasteiger partial charge in [0.25, 0.3) is 0 Å². The second-order valence-electron chi connectivity index (χ2n) is 10.1. The van der Waals surface area contributed by atoms with Crippen LogP contribution < -0.4 is 5.32 Å². The van der Waals surface area contributed by atoms with E-state index in [1.165, 1.54) is 29.3 Å². The Kier molecular flexibility index (Phi) is 10.5. The number of nitrogens with zero attached hydrogens (tertiary/aromatic N) is 1. The molecule has 0 aromatic heterocycles. The maximum Gasteiger partial charge on any atom is 0.313 e. The van der Waals surface area contributed by atoms with Crippen LogP contribution in [0.3, 0.4) is 0 Å². The van der Waals surface area contributed by atoms with Gasteiger partial charge in [-0.2, -0.15) is 0 Å². The first kappa shape index (κ1) is 26.7. The second kappa shape index (κ2) is 13.3. The fourth-order valence-electron chi connectivity index (χ4n) is 5.07. The third kappa shape index (κ3) is 8.42. The van der Waals surface area contributed by atoms with Crippen LogP contribution in [-0.4, -0.2) is 64.8 Å². The number of hydrogen-bond acceptors (Lipinski definition) is 5. The molecule has 0 atom stereocenters. The number of carbonyl (C=O) groups excluding carboxylic acids is 2. The first-order valence-electron chi connectivity index (χ1n) is 12.8. The minimum absolute atomic E-state index is 0.0338. The Labute approximate surface area is 208 Å². The summed E-state index contributed by atoms with van der Waals surface area (Å²) in [6.07, 6.45) is 8.06. The van der Waals surface area contributed by atoms with Crippen molar-refractivity contribution < 1.29 is 19.5 Å². The van der Waals surface area contributed by atoms with Crippen molar-refractivity contribution >= 4 is 29.4 Å². The van der Waals surface area contributed by atoms with Gasteiger partial charge in [0.2, 0.25) is 5.91 Å². The summed E-state index contributed by atoms with van der Waals surface area (Å²) in [5.74, 6) is 0.812. The van der Waals surface area contributed by atoms with Crippen LogP contribution in [0.15, 0.2) is 18.2 Å². The molecule has 188 valence electrons. The summed E-state index contributed by atoms with van der Waals surface area (Å²) in [5, 5.41) is 11.8. The number of ketones is 1. The topological polar surface area (TPSA) is 86.7 Å². The third-order valence-corrected chi connectivity index (χ3v) is 8.12. The molecule has 1 aromatic rings. The first-order chi connectivity index (χ1) is 16.3. The van der Waals surface area contributed by atoms with E-state index in [2.05, 4.69) is 22.3 Å². The lowest BCUT2D eigenvalue weighted by atomic mass is 9.84. The van der Waals surface area contributed by atoms with Crippen molar-refractivity contribution in [3.8, 4) is 0 Å². The van der Waals surface area contributed by atoms with Gasteiger partial charge in [-0.05, 0) is 74.6 Å². The van der Waals surface area contributed by atoms with Crippen molar-refractivity contribution in [2.45, 2.75) is 71.3 Å². The molecule has 2 N–H and O–H groups in total. The fourth-order valence-corrected chi connectivity index (χ4v) is 5.72. The van der Waals surface area contributed by atoms with Crippen molar-refractivity contribution in [2.75, 3.05) is 31.1 Å². The van der Waals surface area contributed by atoms with E-state index in [9.17, 15) is 14.4 Å². The number of amides is 1. The van der Waals surface area contributed by atoms with Crippen LogP contribution in [0.2, 0.25) is 0 Å². The van der Waals surface area contributed by atoms with Gasteiger partial charge in [0.05, 0.1) is 5.75 Å². The number of carbonyl (C=O) groups is 3. The molecular formula is C27H40N2O4S. The molecule has 0 bridgehead atoms. The van der Waals surface area contributed by atoms with Crippen LogP contribution in [0.1, 0.15) is 73.9 Å². The number of thioether (sulfide) groups is 1. The molecule has 1 aromatic carbocycles. The maximum absolute atomic E-state index is 12.4. The fraction of sp³-hybridized carbons (Fsp3) is 0.667. The first-order valence-corrected chi connectivity index (χ1v) is 13.9. The minimum atomic E-state index is -0.833. The summed E-state index contributed by atoms with van der Waals surface area (Å²) in [6, 6.07) is 6.56. The van der Waals surface area contributed by atoms with Crippen molar-refractivity contribution in [2.24, 2.45) is 11.8 Å². The predicted octanol–water partition coefficient (Wildman–Crippen LogP) is 4.20. The average Bonchev–Trinajstić information content (AvgIpc) is 3.02. The van der Waals surface area contributed by atoms with Crippen LogP contribution in [-0.2, 0) is 22.4 Å². The molecule has 1 heterocycles. The molecule has 2 aliphatic rings. The number of fused-ring (bicyclic) bond motifs is 1. The second-order valence-corrected chi connectivity index (χ2v) is 11.2. The van der Waals surface area contributed by atoms with E-state index in [1.54, 1.807) is 0 Å². The van der Waals surface area contributed by atoms with E-state index >= 15 is 0 Å². The summed E-state index contributed by atoms with van der Waals surface area (Å²) < 4.78 is 0. The van der Waals surface area contributed by atoms with Gasteiger partial charge in [-0.15, -0.1) is 11.8 Å².